The number of carbonyl (C=O) groups excluding carboxylic acids is 1. The molecule has 0 fully saturated rings. The Morgan fingerprint density at radius 1 is 1.86 bits per heavy atom. The maximum atomic E-state index is 10.3. The normalized spacial score (nSPS) is 7.86. The third-order valence-electron chi connectivity index (χ3n) is 0.519. The number of hydrogen-bond donors (Lipinski definition) is 1. The monoisotopic (exact) mass is 311 g/mol. The summed E-state index contributed by atoms with van der Waals surface area (Å²) < 4.78 is 2.61. The zero-order valence-electron chi connectivity index (χ0n) is 4.19. The molecule has 0 aromatic heterocycles. The second-order valence-electron chi connectivity index (χ2n) is 1.25. The van der Waals surface area contributed by atoms with Gasteiger partial charge in [-0.1, -0.05) is 0 Å². The summed E-state index contributed by atoms with van der Waals surface area (Å²) in [6.45, 7) is 5.14. The van der Waals surface area contributed by atoms with Crippen LogP contribution >= 0.6 is 0 Å². The molecule has 0 bridgehead atoms. The maximum absolute atomic E-state index is 10.3. The van der Waals surface area contributed by atoms with Crippen LogP contribution in [-0.4, -0.2) is 5.91 Å². The van der Waals surface area contributed by atoms with Gasteiger partial charge in [0.05, 0.1) is 0 Å². The van der Waals surface area contributed by atoms with Crippen molar-refractivity contribution in [2.45, 2.75) is 6.92 Å². The number of carbonyl (C=O) groups is 1. The van der Waals surface area contributed by atoms with Gasteiger partial charge in [0.1, 0.15) is 0 Å². The van der Waals surface area contributed by atoms with Gasteiger partial charge in [-0.25, -0.2) is 0 Å². The Labute approximate surface area is 72.2 Å². The Hall–Kier alpha value is 0.652. The quantitative estimate of drug-likeness (QED) is 0.686. The van der Waals surface area contributed by atoms with E-state index in [-0.39, 0.29) is 5.91 Å². The average Bonchev–Trinajstić information content (AvgIpc) is 1.65. The molecule has 0 aromatic carbocycles. The Morgan fingerprint density at radius 2 is 2.29 bits per heavy atom. The molecule has 0 radical (unpaired) electrons. The van der Waals surface area contributed by atoms with E-state index in [1.807, 2.05) is 0 Å². The minimum atomic E-state index is -0.0133. The third kappa shape index (κ3) is 3.25. The van der Waals surface area contributed by atoms with Crippen LogP contribution in [0.1, 0.15) is 6.92 Å². The Kier molecular flexibility index (Phi) is 3.97. The van der Waals surface area contributed by atoms with E-state index >= 15 is 0 Å². The van der Waals surface area contributed by atoms with Crippen LogP contribution in [0.15, 0.2) is 12.2 Å². The number of nitrogens with one attached hydrogen (secondary N) is 1. The molecule has 0 rings (SSSR count). The molecule has 7 heavy (non-hydrogen) atoms. The van der Waals surface area contributed by atoms with E-state index in [0.717, 1.165) is 0 Å². The van der Waals surface area contributed by atoms with Crippen molar-refractivity contribution in [2.75, 3.05) is 0 Å². The van der Waals surface area contributed by atoms with Crippen molar-refractivity contribution in [3.63, 3.8) is 0 Å². The van der Waals surface area contributed by atoms with Gasteiger partial charge >= 0.3 is 73.0 Å². The zero-order valence-corrected chi connectivity index (χ0v) is 8.94. The molecule has 0 saturated carbocycles. The number of rotatable bonds is 1. The van der Waals surface area contributed by atoms with E-state index in [9.17, 15) is 4.79 Å². The van der Waals surface area contributed by atoms with Crippen molar-refractivity contribution in [3.05, 3.63) is 12.2 Å². The van der Waals surface area contributed by atoms with Gasteiger partial charge in [0.25, 0.3) is 0 Å². The van der Waals surface area contributed by atoms with Gasteiger partial charge in [-0.3, -0.25) is 0 Å². The van der Waals surface area contributed by atoms with Gasteiger partial charge in [-0.05, 0) is 0 Å². The first-order valence-corrected chi connectivity index (χ1v) is 4.22. The second-order valence-corrected chi connectivity index (χ2v) is 2.44. The van der Waals surface area contributed by atoms with Crippen LogP contribution in [0.5, 0.6) is 0 Å². The van der Waals surface area contributed by atoms with Crippen LogP contribution < -0.4 is 0.974 Å². The SMILES string of the molecule is C=C(C)C(=O)[NH][Ac]. The molecule has 36 valence electrons. The molecule has 0 aromatic rings. The van der Waals surface area contributed by atoms with E-state index in [0.29, 0.717) is 47.9 Å². The summed E-state index contributed by atoms with van der Waals surface area (Å²) in [6, 6.07) is 0. The minimum absolute atomic E-state index is 0.0133. The fourth-order valence-electron chi connectivity index (χ4n) is 0.123. The standard InChI is InChI=1S/C4H7NO.Ac/c1-3(2)4(5)6;/h1H2,2H3,(H2,5,6);/q;+1/p-1. The number of amides is 1. The molecule has 0 saturated heterocycles. The predicted molar refractivity (Wildman–Crippen MR) is 23.0 cm³/mol. The van der Waals surface area contributed by atoms with Gasteiger partial charge in [-0.2, -0.15) is 0 Å². The molecule has 1 amide bonds. The van der Waals surface area contributed by atoms with Crippen molar-refractivity contribution in [1.82, 2.24) is 0.974 Å². The molecule has 0 atom stereocenters. The average molecular weight is 311 g/mol. The van der Waals surface area contributed by atoms with E-state index in [2.05, 4.69) is 7.55 Å². The van der Waals surface area contributed by atoms with Crippen LogP contribution in [0.4, 0.5) is 0 Å². The molecule has 0 aliphatic rings. The van der Waals surface area contributed by atoms with Crippen molar-refractivity contribution < 1.29 is 47.1 Å². The number of hydrogen-bond acceptors (Lipinski definition) is 1. The summed E-state index contributed by atoms with van der Waals surface area (Å²) in [5.74, 6) is -0.0133. The van der Waals surface area contributed by atoms with Crippen molar-refractivity contribution in [1.29, 1.82) is 0 Å². The van der Waals surface area contributed by atoms with Crippen molar-refractivity contribution >= 4 is 5.91 Å². The summed E-state index contributed by atoms with van der Waals surface area (Å²) >= 11 is 0.398. The Morgan fingerprint density at radius 3 is 2.29 bits per heavy atom. The van der Waals surface area contributed by atoms with E-state index in [4.69, 9.17) is 0 Å². The summed E-state index contributed by atoms with van der Waals surface area (Å²) in [5, 5.41) is 0. The molecule has 0 unspecified atom stereocenters. The molecular formula is C4H6AcNO. The fourth-order valence-corrected chi connectivity index (χ4v) is 1.14. The van der Waals surface area contributed by atoms with Gasteiger partial charge in [0.15, 0.2) is 0 Å². The van der Waals surface area contributed by atoms with Crippen LogP contribution in [0.25, 0.3) is 0 Å². The first-order chi connectivity index (χ1) is 3.18. The van der Waals surface area contributed by atoms with Gasteiger partial charge in [-0.15, -0.1) is 0 Å². The first kappa shape index (κ1) is 7.65. The molecule has 0 heterocycles. The van der Waals surface area contributed by atoms with E-state index < -0.39 is 0 Å². The Bertz CT molecular complexity index is 99.9. The predicted octanol–water partition coefficient (Wildman–Crippen LogP) is 0.143. The summed E-state index contributed by atoms with van der Waals surface area (Å²) in [7, 11) is 0. The topological polar surface area (TPSA) is 29.1 Å². The van der Waals surface area contributed by atoms with Crippen molar-refractivity contribution in [2.24, 2.45) is 0 Å². The summed E-state index contributed by atoms with van der Waals surface area (Å²) in [4.78, 5) is 10.3. The first-order valence-electron chi connectivity index (χ1n) is 1.85. The van der Waals surface area contributed by atoms with Crippen LogP contribution in [0, 0.1) is 42.3 Å². The summed E-state index contributed by atoms with van der Waals surface area (Å²) in [6.07, 6.45) is 0. The van der Waals surface area contributed by atoms with Gasteiger partial charge in [0, 0.05) is 0 Å². The van der Waals surface area contributed by atoms with Crippen LogP contribution in [0.3, 0.4) is 0 Å². The molecule has 2 nitrogen and oxygen atoms in total. The fraction of sp³-hybridized carbons (Fsp3) is 0.250. The molecular weight excluding hydrogens is 305 g/mol. The van der Waals surface area contributed by atoms with Crippen LogP contribution in [-0.2, 0) is 4.79 Å². The molecule has 0 spiro atoms. The summed E-state index contributed by atoms with van der Waals surface area (Å²) in [5.41, 5.74) is 0.591. The van der Waals surface area contributed by atoms with E-state index in [1.54, 1.807) is 6.92 Å². The molecule has 0 aliphatic carbocycles. The second kappa shape index (κ2) is 3.63. The molecule has 3 heteroatoms. The van der Waals surface area contributed by atoms with Gasteiger partial charge in [0.2, 0.25) is 0 Å². The zero-order chi connectivity index (χ0) is 5.86. The molecule has 0 aliphatic heterocycles. The van der Waals surface area contributed by atoms with Gasteiger partial charge < -0.3 is 0 Å². The third-order valence-corrected chi connectivity index (χ3v) is 1.60. The van der Waals surface area contributed by atoms with Crippen molar-refractivity contribution in [3.8, 4) is 0 Å². The van der Waals surface area contributed by atoms with Crippen LogP contribution in [0.2, 0.25) is 0 Å². The molecule has 1 N–H and O–H groups in total. The van der Waals surface area contributed by atoms with E-state index in [1.165, 1.54) is 0 Å². The Balaban J connectivity index is 3.58.